The molecule has 0 unspecified atom stereocenters. The molecular weight excluding hydrogens is 412 g/mol. The second-order valence-corrected chi connectivity index (χ2v) is 10.1. The van der Waals surface area contributed by atoms with Crippen molar-refractivity contribution in [1.82, 2.24) is 10.6 Å². The molecule has 7 heteroatoms. The molecule has 0 bridgehead atoms. The topological polar surface area (TPSA) is 84.5 Å². The molecule has 0 spiro atoms. The Hall–Kier alpha value is -2.02. The van der Waals surface area contributed by atoms with Gasteiger partial charge in [-0.1, -0.05) is 52.2 Å². The van der Waals surface area contributed by atoms with Crippen LogP contribution in [-0.4, -0.2) is 48.5 Å². The van der Waals surface area contributed by atoms with Gasteiger partial charge in [-0.2, -0.15) is 11.8 Å². The molecule has 1 saturated carbocycles. The lowest BCUT2D eigenvalue weighted by Gasteiger charge is -2.23. The number of ether oxygens (including phenoxy) is 1. The summed E-state index contributed by atoms with van der Waals surface area (Å²) in [4.78, 5) is 37.4. The van der Waals surface area contributed by atoms with Crippen molar-refractivity contribution in [3.63, 3.8) is 0 Å². The van der Waals surface area contributed by atoms with Crippen LogP contribution in [0, 0.1) is 0 Å². The number of carbonyl (C=O) groups is 3. The van der Waals surface area contributed by atoms with E-state index in [-0.39, 0.29) is 29.9 Å². The van der Waals surface area contributed by atoms with Crippen molar-refractivity contribution in [2.24, 2.45) is 0 Å². The highest BCUT2D eigenvalue weighted by molar-refractivity contribution is 7.98. The van der Waals surface area contributed by atoms with E-state index in [1.807, 2.05) is 18.4 Å². The third-order valence-electron chi connectivity index (χ3n) is 5.53. The molecule has 0 heterocycles. The highest BCUT2D eigenvalue weighted by Crippen LogP contribution is 2.22. The van der Waals surface area contributed by atoms with E-state index in [0.717, 1.165) is 31.2 Å². The highest BCUT2D eigenvalue weighted by Gasteiger charge is 2.24. The van der Waals surface area contributed by atoms with Crippen LogP contribution in [0.5, 0.6) is 0 Å². The number of amides is 2. The molecule has 1 aliphatic carbocycles. The van der Waals surface area contributed by atoms with Crippen LogP contribution < -0.4 is 10.6 Å². The summed E-state index contributed by atoms with van der Waals surface area (Å²) in [6.07, 6.45) is 7.76. The maximum atomic E-state index is 12.7. The molecule has 1 aliphatic rings. The van der Waals surface area contributed by atoms with Crippen LogP contribution in [0.4, 0.5) is 0 Å². The predicted octanol–water partition coefficient (Wildman–Crippen LogP) is 3.83. The minimum Gasteiger partial charge on any atom is -0.454 e. The maximum Gasteiger partial charge on any atom is 0.329 e. The van der Waals surface area contributed by atoms with Crippen molar-refractivity contribution in [2.45, 2.75) is 76.8 Å². The van der Waals surface area contributed by atoms with E-state index in [9.17, 15) is 14.4 Å². The van der Waals surface area contributed by atoms with Crippen molar-refractivity contribution in [1.29, 1.82) is 0 Å². The Labute approximate surface area is 190 Å². The molecule has 1 aromatic rings. The first-order chi connectivity index (χ1) is 14.7. The summed E-state index contributed by atoms with van der Waals surface area (Å²) < 4.78 is 5.23. The lowest BCUT2D eigenvalue weighted by Crippen LogP contribution is -2.44. The lowest BCUT2D eigenvalue weighted by atomic mass is 9.86. The number of rotatable bonds is 9. The third-order valence-corrected chi connectivity index (χ3v) is 6.17. The van der Waals surface area contributed by atoms with Crippen LogP contribution in [-0.2, 0) is 19.7 Å². The quantitative estimate of drug-likeness (QED) is 0.561. The monoisotopic (exact) mass is 448 g/mol. The predicted molar refractivity (Wildman–Crippen MR) is 125 cm³/mol. The molecule has 2 rings (SSSR count). The van der Waals surface area contributed by atoms with Crippen LogP contribution in [0.3, 0.4) is 0 Å². The van der Waals surface area contributed by atoms with Gasteiger partial charge in [-0.05, 0) is 54.4 Å². The Balaban J connectivity index is 1.91. The van der Waals surface area contributed by atoms with Crippen LogP contribution in [0.25, 0.3) is 0 Å². The third kappa shape index (κ3) is 8.56. The van der Waals surface area contributed by atoms with Gasteiger partial charge < -0.3 is 15.4 Å². The minimum absolute atomic E-state index is 0.00209. The lowest BCUT2D eigenvalue weighted by molar-refractivity contribution is -0.150. The van der Waals surface area contributed by atoms with Gasteiger partial charge in [0.05, 0.1) is 0 Å². The first-order valence-electron chi connectivity index (χ1n) is 11.1. The molecule has 2 N–H and O–H groups in total. The normalized spacial score (nSPS) is 15.7. The number of nitrogens with one attached hydrogen (secondary N) is 2. The number of hydrogen-bond acceptors (Lipinski definition) is 5. The average Bonchev–Trinajstić information content (AvgIpc) is 2.75. The fourth-order valence-corrected chi connectivity index (χ4v) is 4.07. The molecule has 1 atom stereocenters. The minimum atomic E-state index is -0.787. The highest BCUT2D eigenvalue weighted by atomic mass is 32.2. The van der Waals surface area contributed by atoms with Gasteiger partial charge in [-0.25, -0.2) is 4.79 Å². The molecular formula is C24H36N2O4S. The van der Waals surface area contributed by atoms with E-state index in [1.54, 1.807) is 23.9 Å². The molecule has 0 saturated heterocycles. The molecule has 31 heavy (non-hydrogen) atoms. The fraction of sp³-hybridized carbons (Fsp3) is 0.625. The van der Waals surface area contributed by atoms with Crippen molar-refractivity contribution in [2.75, 3.05) is 18.6 Å². The Morgan fingerprint density at radius 3 is 2.32 bits per heavy atom. The second kappa shape index (κ2) is 12.1. The Morgan fingerprint density at radius 1 is 1.10 bits per heavy atom. The zero-order valence-electron chi connectivity index (χ0n) is 19.2. The van der Waals surface area contributed by atoms with Gasteiger partial charge in [-0.3, -0.25) is 9.59 Å². The number of esters is 1. The summed E-state index contributed by atoms with van der Waals surface area (Å²) >= 11 is 1.58. The molecule has 0 aromatic heterocycles. The molecule has 0 aliphatic heterocycles. The van der Waals surface area contributed by atoms with Gasteiger partial charge >= 0.3 is 5.97 Å². The zero-order valence-corrected chi connectivity index (χ0v) is 20.0. The molecule has 1 aromatic carbocycles. The van der Waals surface area contributed by atoms with Crippen molar-refractivity contribution in [3.05, 3.63) is 35.4 Å². The number of carbonyl (C=O) groups excluding carboxylic acids is 3. The van der Waals surface area contributed by atoms with Crippen LogP contribution >= 0.6 is 11.8 Å². The van der Waals surface area contributed by atoms with E-state index in [2.05, 4.69) is 31.4 Å². The van der Waals surface area contributed by atoms with Crippen LogP contribution in [0.2, 0.25) is 0 Å². The maximum absolute atomic E-state index is 12.7. The Morgan fingerprint density at radius 2 is 1.74 bits per heavy atom. The van der Waals surface area contributed by atoms with Crippen molar-refractivity contribution < 1.29 is 19.1 Å². The smallest absolute Gasteiger partial charge is 0.329 e. The van der Waals surface area contributed by atoms with Gasteiger partial charge in [0, 0.05) is 11.6 Å². The number of thioether (sulfide) groups is 1. The molecule has 2 amide bonds. The molecule has 1 fully saturated rings. The van der Waals surface area contributed by atoms with E-state index in [0.29, 0.717) is 17.7 Å². The number of hydrogen-bond donors (Lipinski definition) is 2. The fourth-order valence-electron chi connectivity index (χ4n) is 3.60. The van der Waals surface area contributed by atoms with Crippen molar-refractivity contribution in [3.8, 4) is 0 Å². The van der Waals surface area contributed by atoms with Gasteiger partial charge in [-0.15, -0.1) is 0 Å². The van der Waals surface area contributed by atoms with E-state index >= 15 is 0 Å². The summed E-state index contributed by atoms with van der Waals surface area (Å²) in [7, 11) is 0. The summed E-state index contributed by atoms with van der Waals surface area (Å²) in [6, 6.07) is 6.78. The molecule has 0 radical (unpaired) electrons. The van der Waals surface area contributed by atoms with E-state index < -0.39 is 12.0 Å². The largest absolute Gasteiger partial charge is 0.454 e. The average molecular weight is 449 g/mol. The molecule has 6 nitrogen and oxygen atoms in total. The van der Waals surface area contributed by atoms with Gasteiger partial charge in [0.2, 0.25) is 0 Å². The first kappa shape index (κ1) is 25.2. The van der Waals surface area contributed by atoms with E-state index in [1.165, 1.54) is 6.42 Å². The summed E-state index contributed by atoms with van der Waals surface area (Å²) in [5, 5.41) is 5.71. The Bertz CT molecular complexity index is 737. The first-order valence-corrected chi connectivity index (χ1v) is 12.5. The van der Waals surface area contributed by atoms with Crippen LogP contribution in [0.1, 0.15) is 75.2 Å². The zero-order chi connectivity index (χ0) is 22.9. The summed E-state index contributed by atoms with van der Waals surface area (Å²) in [5.41, 5.74) is 1.62. The second-order valence-electron chi connectivity index (χ2n) is 9.15. The van der Waals surface area contributed by atoms with Gasteiger partial charge in [0.1, 0.15) is 6.04 Å². The Kier molecular flexibility index (Phi) is 9.88. The summed E-state index contributed by atoms with van der Waals surface area (Å²) in [6.45, 7) is 6.02. The SMILES string of the molecule is CSCC[C@@H](NC(=O)c1ccc(C(C)(C)C)cc1)C(=O)OCC(=O)NC1CCCCC1. The van der Waals surface area contributed by atoms with E-state index in [4.69, 9.17) is 4.74 Å². The standard InChI is InChI=1S/C24H36N2O4S/c1-24(2,3)18-12-10-17(11-13-18)22(28)26-20(14-15-31-4)23(29)30-16-21(27)25-19-8-6-5-7-9-19/h10-13,19-20H,5-9,14-16H2,1-4H3,(H,25,27)(H,26,28)/t20-/m1/s1. The van der Waals surface area contributed by atoms with Crippen molar-refractivity contribution >= 4 is 29.5 Å². The van der Waals surface area contributed by atoms with Crippen LogP contribution in [0.15, 0.2) is 24.3 Å². The molecule has 172 valence electrons. The number of benzene rings is 1. The summed E-state index contributed by atoms with van der Waals surface area (Å²) in [5.74, 6) is -0.493. The van der Waals surface area contributed by atoms with Gasteiger partial charge in [0.25, 0.3) is 11.8 Å². The van der Waals surface area contributed by atoms with Gasteiger partial charge in [0.15, 0.2) is 6.61 Å².